The molecule has 1 aliphatic rings. The summed E-state index contributed by atoms with van der Waals surface area (Å²) in [6, 6.07) is 6.78. The van der Waals surface area contributed by atoms with E-state index in [1.54, 1.807) is 0 Å². The topological polar surface area (TPSA) is 28.2 Å². The SMILES string of the molecule is CCCNC(C)C1CCCN(c2ccccn2)C1. The number of anilines is 1. The molecule has 1 aliphatic heterocycles. The first kappa shape index (κ1) is 13.3. The minimum atomic E-state index is 0.608. The molecular weight excluding hydrogens is 222 g/mol. The van der Waals surface area contributed by atoms with Crippen molar-refractivity contribution in [3.8, 4) is 0 Å². The van der Waals surface area contributed by atoms with Gasteiger partial charge >= 0.3 is 0 Å². The Morgan fingerprint density at radius 2 is 2.39 bits per heavy atom. The van der Waals surface area contributed by atoms with E-state index in [0.717, 1.165) is 31.4 Å². The van der Waals surface area contributed by atoms with E-state index in [-0.39, 0.29) is 0 Å². The maximum Gasteiger partial charge on any atom is 0.128 e. The molecule has 1 aromatic rings. The fourth-order valence-electron chi connectivity index (χ4n) is 2.71. The summed E-state index contributed by atoms with van der Waals surface area (Å²) >= 11 is 0. The van der Waals surface area contributed by atoms with E-state index in [0.29, 0.717) is 6.04 Å². The molecule has 0 aliphatic carbocycles. The van der Waals surface area contributed by atoms with Crippen molar-refractivity contribution in [1.82, 2.24) is 10.3 Å². The zero-order valence-electron chi connectivity index (χ0n) is 11.6. The molecule has 18 heavy (non-hydrogen) atoms. The number of nitrogens with one attached hydrogen (secondary N) is 1. The van der Waals surface area contributed by atoms with Gasteiger partial charge in [-0.05, 0) is 50.8 Å². The summed E-state index contributed by atoms with van der Waals surface area (Å²) in [5.41, 5.74) is 0. The van der Waals surface area contributed by atoms with Gasteiger partial charge in [-0.1, -0.05) is 13.0 Å². The molecule has 0 radical (unpaired) electrons. The van der Waals surface area contributed by atoms with Crippen molar-refractivity contribution in [2.75, 3.05) is 24.5 Å². The minimum absolute atomic E-state index is 0.608. The van der Waals surface area contributed by atoms with E-state index in [1.165, 1.54) is 19.3 Å². The molecule has 3 nitrogen and oxygen atoms in total. The number of hydrogen-bond acceptors (Lipinski definition) is 3. The average molecular weight is 247 g/mol. The van der Waals surface area contributed by atoms with Gasteiger partial charge in [-0.3, -0.25) is 0 Å². The lowest BCUT2D eigenvalue weighted by Gasteiger charge is -2.36. The normalized spacial score (nSPS) is 21.9. The van der Waals surface area contributed by atoms with Crippen molar-refractivity contribution in [3.05, 3.63) is 24.4 Å². The summed E-state index contributed by atoms with van der Waals surface area (Å²) in [5, 5.41) is 3.63. The smallest absolute Gasteiger partial charge is 0.128 e. The lowest BCUT2D eigenvalue weighted by Crippen LogP contribution is -2.45. The Morgan fingerprint density at radius 1 is 1.50 bits per heavy atom. The maximum absolute atomic E-state index is 4.46. The van der Waals surface area contributed by atoms with Crippen LogP contribution in [0.25, 0.3) is 0 Å². The highest BCUT2D eigenvalue weighted by molar-refractivity contribution is 5.38. The summed E-state index contributed by atoms with van der Waals surface area (Å²) in [6.45, 7) is 7.95. The van der Waals surface area contributed by atoms with Crippen LogP contribution in [0.1, 0.15) is 33.1 Å². The molecule has 0 saturated carbocycles. The Hall–Kier alpha value is -1.09. The second kappa shape index (κ2) is 6.74. The fraction of sp³-hybridized carbons (Fsp3) is 0.667. The predicted octanol–water partition coefficient (Wildman–Crippen LogP) is 2.69. The van der Waals surface area contributed by atoms with Crippen molar-refractivity contribution in [1.29, 1.82) is 0 Å². The van der Waals surface area contributed by atoms with Crippen LogP contribution in [-0.4, -0.2) is 30.7 Å². The Labute approximate surface area is 111 Å². The Balaban J connectivity index is 1.92. The van der Waals surface area contributed by atoms with Gasteiger partial charge in [0, 0.05) is 25.3 Å². The van der Waals surface area contributed by atoms with Crippen LogP contribution in [0.3, 0.4) is 0 Å². The van der Waals surface area contributed by atoms with Crippen LogP contribution >= 0.6 is 0 Å². The van der Waals surface area contributed by atoms with Crippen molar-refractivity contribution in [3.63, 3.8) is 0 Å². The van der Waals surface area contributed by atoms with Gasteiger partial charge in [0.15, 0.2) is 0 Å². The molecule has 2 heterocycles. The van der Waals surface area contributed by atoms with E-state index in [4.69, 9.17) is 0 Å². The second-order valence-electron chi connectivity index (χ2n) is 5.28. The molecule has 2 rings (SSSR count). The molecule has 1 aromatic heterocycles. The molecule has 100 valence electrons. The van der Waals surface area contributed by atoms with Crippen LogP contribution in [-0.2, 0) is 0 Å². The molecule has 1 saturated heterocycles. The summed E-state index contributed by atoms with van der Waals surface area (Å²) in [6.07, 6.45) is 5.71. The average Bonchev–Trinajstić information content (AvgIpc) is 2.46. The predicted molar refractivity (Wildman–Crippen MR) is 76.9 cm³/mol. The molecule has 1 N–H and O–H groups in total. The van der Waals surface area contributed by atoms with E-state index in [2.05, 4.69) is 41.2 Å². The fourth-order valence-corrected chi connectivity index (χ4v) is 2.71. The van der Waals surface area contributed by atoms with Crippen LogP contribution in [0.15, 0.2) is 24.4 Å². The lowest BCUT2D eigenvalue weighted by molar-refractivity contribution is 0.320. The van der Waals surface area contributed by atoms with Gasteiger partial charge in [-0.15, -0.1) is 0 Å². The van der Waals surface area contributed by atoms with Crippen molar-refractivity contribution < 1.29 is 0 Å². The first-order chi connectivity index (χ1) is 8.81. The lowest BCUT2D eigenvalue weighted by atomic mass is 9.91. The highest BCUT2D eigenvalue weighted by Gasteiger charge is 2.24. The molecule has 2 unspecified atom stereocenters. The third-order valence-electron chi connectivity index (χ3n) is 3.85. The van der Waals surface area contributed by atoms with Crippen LogP contribution in [0.4, 0.5) is 5.82 Å². The second-order valence-corrected chi connectivity index (χ2v) is 5.28. The number of nitrogens with zero attached hydrogens (tertiary/aromatic N) is 2. The van der Waals surface area contributed by atoms with Crippen molar-refractivity contribution in [2.24, 2.45) is 5.92 Å². The van der Waals surface area contributed by atoms with Crippen LogP contribution in [0, 0.1) is 5.92 Å². The third-order valence-corrected chi connectivity index (χ3v) is 3.85. The Kier molecular flexibility index (Phi) is 5.00. The minimum Gasteiger partial charge on any atom is -0.356 e. The summed E-state index contributed by atoms with van der Waals surface area (Å²) in [4.78, 5) is 6.89. The van der Waals surface area contributed by atoms with Gasteiger partial charge in [0.05, 0.1) is 0 Å². The van der Waals surface area contributed by atoms with Gasteiger partial charge in [-0.25, -0.2) is 4.98 Å². The number of aromatic nitrogens is 1. The molecule has 3 heteroatoms. The summed E-state index contributed by atoms with van der Waals surface area (Å²) in [7, 11) is 0. The Morgan fingerprint density at radius 3 is 3.11 bits per heavy atom. The quantitative estimate of drug-likeness (QED) is 0.867. The van der Waals surface area contributed by atoms with E-state index in [1.807, 2.05) is 12.3 Å². The van der Waals surface area contributed by atoms with Gasteiger partial charge in [0.2, 0.25) is 0 Å². The van der Waals surface area contributed by atoms with Gasteiger partial charge in [0.1, 0.15) is 5.82 Å². The summed E-state index contributed by atoms with van der Waals surface area (Å²) < 4.78 is 0. The van der Waals surface area contributed by atoms with Crippen molar-refractivity contribution in [2.45, 2.75) is 39.2 Å². The van der Waals surface area contributed by atoms with E-state index < -0.39 is 0 Å². The first-order valence-corrected chi connectivity index (χ1v) is 7.20. The van der Waals surface area contributed by atoms with Crippen LogP contribution in [0.2, 0.25) is 0 Å². The largest absolute Gasteiger partial charge is 0.356 e. The van der Waals surface area contributed by atoms with Gasteiger partial charge in [-0.2, -0.15) is 0 Å². The van der Waals surface area contributed by atoms with Crippen LogP contribution in [0.5, 0.6) is 0 Å². The standard InChI is InChI=1S/C15H25N3/c1-3-9-16-13(2)14-7-6-11-18(12-14)15-8-4-5-10-17-15/h4-5,8,10,13-14,16H,3,6-7,9,11-12H2,1-2H3. The van der Waals surface area contributed by atoms with E-state index >= 15 is 0 Å². The molecule has 2 atom stereocenters. The monoisotopic (exact) mass is 247 g/mol. The zero-order valence-corrected chi connectivity index (χ0v) is 11.6. The van der Waals surface area contributed by atoms with Crippen LogP contribution < -0.4 is 10.2 Å². The molecule has 1 fully saturated rings. The van der Waals surface area contributed by atoms with Gasteiger partial charge < -0.3 is 10.2 Å². The number of pyridine rings is 1. The first-order valence-electron chi connectivity index (χ1n) is 7.20. The zero-order chi connectivity index (χ0) is 12.8. The number of rotatable bonds is 5. The molecule has 0 spiro atoms. The summed E-state index contributed by atoms with van der Waals surface area (Å²) in [5.74, 6) is 1.87. The van der Waals surface area contributed by atoms with Crippen molar-refractivity contribution >= 4 is 5.82 Å². The number of piperidine rings is 1. The molecular formula is C15H25N3. The molecule has 0 amide bonds. The van der Waals surface area contributed by atoms with Gasteiger partial charge in [0.25, 0.3) is 0 Å². The molecule has 0 aromatic carbocycles. The highest BCUT2D eigenvalue weighted by Crippen LogP contribution is 2.23. The Bertz CT molecular complexity index is 339. The third kappa shape index (κ3) is 3.45. The molecule has 0 bridgehead atoms. The maximum atomic E-state index is 4.46. The van der Waals surface area contributed by atoms with E-state index in [9.17, 15) is 0 Å². The number of hydrogen-bond donors (Lipinski definition) is 1. The highest BCUT2D eigenvalue weighted by atomic mass is 15.2.